The van der Waals surface area contributed by atoms with Gasteiger partial charge in [-0.1, -0.05) is 36.4 Å². The number of hydrogen-bond acceptors (Lipinski definition) is 5. The van der Waals surface area contributed by atoms with Gasteiger partial charge in [-0.3, -0.25) is 0 Å². The minimum atomic E-state index is 0.186. The van der Waals surface area contributed by atoms with Crippen LogP contribution in [-0.2, 0) is 0 Å². The maximum absolute atomic E-state index is 5.90. The van der Waals surface area contributed by atoms with Crippen molar-refractivity contribution in [3.8, 4) is 0 Å². The third-order valence-corrected chi connectivity index (χ3v) is 4.18. The van der Waals surface area contributed by atoms with Crippen LogP contribution in [0.4, 0.5) is 17.5 Å². The zero-order valence-corrected chi connectivity index (χ0v) is 12.5. The molecule has 2 unspecified atom stereocenters. The lowest BCUT2D eigenvalue weighted by molar-refractivity contribution is 0.699. The van der Waals surface area contributed by atoms with E-state index in [2.05, 4.69) is 51.4 Å². The summed E-state index contributed by atoms with van der Waals surface area (Å²) in [7, 11) is 0. The molecule has 4 rings (SSSR count). The maximum atomic E-state index is 5.90. The van der Waals surface area contributed by atoms with Gasteiger partial charge in [-0.15, -0.1) is 0 Å². The molecule has 0 radical (unpaired) electrons. The summed E-state index contributed by atoms with van der Waals surface area (Å²) in [6.07, 6.45) is 12.5. The second-order valence-electron chi connectivity index (χ2n) is 5.70. The molecule has 114 valence electrons. The van der Waals surface area contributed by atoms with Crippen molar-refractivity contribution < 1.29 is 0 Å². The van der Waals surface area contributed by atoms with Crippen LogP contribution in [0.25, 0.3) is 5.57 Å². The summed E-state index contributed by atoms with van der Waals surface area (Å²) < 4.78 is 0. The summed E-state index contributed by atoms with van der Waals surface area (Å²) in [6, 6.07) is 9.99. The average Bonchev–Trinajstić information content (AvgIpc) is 2.98. The van der Waals surface area contributed by atoms with Gasteiger partial charge in [0.25, 0.3) is 0 Å². The van der Waals surface area contributed by atoms with E-state index in [9.17, 15) is 0 Å². The van der Waals surface area contributed by atoms with Gasteiger partial charge in [0, 0.05) is 24.0 Å². The Morgan fingerprint density at radius 3 is 2.83 bits per heavy atom. The highest BCUT2D eigenvalue weighted by molar-refractivity contribution is 5.78. The second kappa shape index (κ2) is 5.28. The smallest absolute Gasteiger partial charge is 0.221 e. The van der Waals surface area contributed by atoms with Crippen molar-refractivity contribution in [2.45, 2.75) is 6.04 Å². The predicted octanol–water partition coefficient (Wildman–Crippen LogP) is 2.61. The Hall–Kier alpha value is -3.08. The van der Waals surface area contributed by atoms with Crippen LogP contribution in [0.3, 0.4) is 0 Å². The van der Waals surface area contributed by atoms with E-state index in [0.29, 0.717) is 5.92 Å². The first-order valence-electron chi connectivity index (χ1n) is 7.52. The van der Waals surface area contributed by atoms with Crippen LogP contribution < -0.4 is 16.4 Å². The lowest BCUT2D eigenvalue weighted by Gasteiger charge is -2.28. The van der Waals surface area contributed by atoms with E-state index >= 15 is 0 Å². The standard InChI is InChI=1S/C18H17N5/c19-15-3-1-2-13(10-15)14-5-4-12-7-9-23(16(12)11-14)17-6-8-21-18(20)22-17/h1-12,16H,19H2,(H2,20,21,22). The van der Waals surface area contributed by atoms with Crippen LogP contribution in [0.1, 0.15) is 5.56 Å². The Morgan fingerprint density at radius 1 is 1.09 bits per heavy atom. The second-order valence-corrected chi connectivity index (χ2v) is 5.70. The van der Waals surface area contributed by atoms with Gasteiger partial charge in [-0.25, -0.2) is 4.98 Å². The third kappa shape index (κ3) is 2.46. The van der Waals surface area contributed by atoms with Gasteiger partial charge in [0.2, 0.25) is 5.95 Å². The molecule has 1 aromatic heterocycles. The summed E-state index contributed by atoms with van der Waals surface area (Å²) in [4.78, 5) is 10.4. The lowest BCUT2D eigenvalue weighted by atomic mass is 9.90. The number of rotatable bonds is 2. The zero-order chi connectivity index (χ0) is 15.8. The van der Waals surface area contributed by atoms with Gasteiger partial charge in [0.15, 0.2) is 0 Å². The number of nitrogens with zero attached hydrogens (tertiary/aromatic N) is 3. The number of anilines is 3. The van der Waals surface area contributed by atoms with Gasteiger partial charge in [0.1, 0.15) is 5.82 Å². The minimum absolute atomic E-state index is 0.186. The first kappa shape index (κ1) is 13.6. The summed E-state index contributed by atoms with van der Waals surface area (Å²) in [5, 5.41) is 0. The molecule has 1 aromatic carbocycles. The molecule has 5 nitrogen and oxygen atoms in total. The number of aromatic nitrogens is 2. The van der Waals surface area contributed by atoms with E-state index in [1.165, 1.54) is 0 Å². The summed E-state index contributed by atoms with van der Waals surface area (Å²) in [5.41, 5.74) is 14.7. The Balaban J connectivity index is 1.69. The maximum Gasteiger partial charge on any atom is 0.221 e. The van der Waals surface area contributed by atoms with Crippen LogP contribution in [0.5, 0.6) is 0 Å². The molecule has 2 aliphatic rings. The molecule has 0 saturated carbocycles. The highest BCUT2D eigenvalue weighted by Gasteiger charge is 2.30. The van der Waals surface area contributed by atoms with Crippen LogP contribution in [0, 0.1) is 5.92 Å². The van der Waals surface area contributed by atoms with Crippen molar-refractivity contribution in [2.75, 3.05) is 16.4 Å². The van der Waals surface area contributed by atoms with Gasteiger partial charge < -0.3 is 16.4 Å². The molecule has 23 heavy (non-hydrogen) atoms. The Kier molecular flexibility index (Phi) is 3.12. The van der Waals surface area contributed by atoms with Gasteiger partial charge in [-0.05, 0) is 29.3 Å². The summed E-state index contributed by atoms with van der Waals surface area (Å²) in [6.45, 7) is 0. The molecule has 0 saturated heterocycles. The number of benzene rings is 1. The quantitative estimate of drug-likeness (QED) is 0.834. The molecule has 5 heteroatoms. The SMILES string of the molecule is Nc1cccc(C2=CC3C(C=C2)C=CN3c2ccnc(N)n2)c1. The van der Waals surface area contributed by atoms with Crippen molar-refractivity contribution >= 4 is 23.0 Å². The van der Waals surface area contributed by atoms with Gasteiger partial charge in [-0.2, -0.15) is 4.98 Å². The van der Waals surface area contributed by atoms with E-state index in [-0.39, 0.29) is 12.0 Å². The predicted molar refractivity (Wildman–Crippen MR) is 93.3 cm³/mol. The molecule has 0 amide bonds. The number of nitrogen functional groups attached to an aromatic ring is 2. The molecule has 1 aliphatic carbocycles. The van der Waals surface area contributed by atoms with Crippen molar-refractivity contribution in [1.82, 2.24) is 9.97 Å². The summed E-state index contributed by atoms with van der Waals surface area (Å²) in [5.74, 6) is 1.42. The minimum Gasteiger partial charge on any atom is -0.399 e. The fourth-order valence-electron chi connectivity index (χ4n) is 3.06. The molecular formula is C18H17N5. The van der Waals surface area contributed by atoms with E-state index in [4.69, 9.17) is 11.5 Å². The fraction of sp³-hybridized carbons (Fsp3) is 0.111. The average molecular weight is 303 g/mol. The highest BCUT2D eigenvalue weighted by atomic mass is 15.2. The van der Waals surface area contributed by atoms with E-state index < -0.39 is 0 Å². The number of hydrogen-bond donors (Lipinski definition) is 2. The van der Waals surface area contributed by atoms with Crippen LogP contribution in [0.15, 0.2) is 67.0 Å². The number of fused-ring (bicyclic) bond motifs is 1. The number of nitrogens with two attached hydrogens (primary N) is 2. The van der Waals surface area contributed by atoms with Crippen LogP contribution >= 0.6 is 0 Å². The number of allylic oxidation sites excluding steroid dienone is 2. The molecule has 2 atom stereocenters. The highest BCUT2D eigenvalue weighted by Crippen LogP contribution is 2.34. The first-order chi connectivity index (χ1) is 11.2. The van der Waals surface area contributed by atoms with Gasteiger partial charge in [0.05, 0.1) is 6.04 Å². The molecule has 2 heterocycles. The largest absolute Gasteiger partial charge is 0.399 e. The molecule has 0 fully saturated rings. The van der Waals surface area contributed by atoms with Crippen molar-refractivity contribution in [3.05, 3.63) is 72.6 Å². The van der Waals surface area contributed by atoms with Crippen molar-refractivity contribution in [2.24, 2.45) is 5.92 Å². The summed E-state index contributed by atoms with van der Waals surface area (Å²) >= 11 is 0. The molecule has 4 N–H and O–H groups in total. The van der Waals surface area contributed by atoms with E-state index in [0.717, 1.165) is 22.6 Å². The molecular weight excluding hydrogens is 286 g/mol. The molecule has 1 aliphatic heterocycles. The Labute approximate surface area is 134 Å². The monoisotopic (exact) mass is 303 g/mol. The fourth-order valence-corrected chi connectivity index (χ4v) is 3.06. The van der Waals surface area contributed by atoms with Crippen LogP contribution in [-0.4, -0.2) is 16.0 Å². The third-order valence-electron chi connectivity index (χ3n) is 4.18. The van der Waals surface area contributed by atoms with Crippen molar-refractivity contribution in [3.63, 3.8) is 0 Å². The zero-order valence-electron chi connectivity index (χ0n) is 12.5. The van der Waals surface area contributed by atoms with Crippen LogP contribution in [0.2, 0.25) is 0 Å². The normalized spacial score (nSPS) is 22.1. The Morgan fingerprint density at radius 2 is 2.00 bits per heavy atom. The van der Waals surface area contributed by atoms with E-state index in [1.807, 2.05) is 24.3 Å². The molecule has 0 spiro atoms. The lowest BCUT2D eigenvalue weighted by Crippen LogP contribution is -2.31. The molecule has 2 aromatic rings. The van der Waals surface area contributed by atoms with Gasteiger partial charge >= 0.3 is 0 Å². The first-order valence-corrected chi connectivity index (χ1v) is 7.52. The topological polar surface area (TPSA) is 81.1 Å². The molecule has 0 bridgehead atoms. The van der Waals surface area contributed by atoms with Crippen molar-refractivity contribution in [1.29, 1.82) is 0 Å². The van der Waals surface area contributed by atoms with E-state index in [1.54, 1.807) is 6.20 Å². The Bertz CT molecular complexity index is 837.